The van der Waals surface area contributed by atoms with Gasteiger partial charge < -0.3 is 14.6 Å². The van der Waals surface area contributed by atoms with Crippen LogP contribution in [0, 0.1) is 6.92 Å². The van der Waals surface area contributed by atoms with E-state index < -0.39 is 6.10 Å². The fourth-order valence-electron chi connectivity index (χ4n) is 3.61. The molecule has 0 radical (unpaired) electrons. The molecule has 0 aliphatic rings. The Morgan fingerprint density at radius 1 is 1.06 bits per heavy atom. The number of aryl methyl sites for hydroxylation is 2. The van der Waals surface area contributed by atoms with Gasteiger partial charge in [-0.05, 0) is 39.8 Å². The van der Waals surface area contributed by atoms with Crippen molar-refractivity contribution in [3.63, 3.8) is 0 Å². The summed E-state index contributed by atoms with van der Waals surface area (Å²) in [7, 11) is 1.91. The van der Waals surface area contributed by atoms with Crippen molar-refractivity contribution < 1.29 is 14.6 Å². The van der Waals surface area contributed by atoms with E-state index in [0.717, 1.165) is 22.6 Å². The number of aliphatic hydroxyl groups excluding tert-OH is 1. The van der Waals surface area contributed by atoms with Gasteiger partial charge in [0.2, 0.25) is 5.88 Å². The summed E-state index contributed by atoms with van der Waals surface area (Å²) in [5, 5.41) is 15.3. The lowest BCUT2D eigenvalue weighted by molar-refractivity contribution is 0.0132. The third kappa shape index (κ3) is 6.19. The Morgan fingerprint density at radius 3 is 2.38 bits per heavy atom. The predicted octanol–water partition coefficient (Wildman–Crippen LogP) is 4.80. The molecule has 0 saturated carbocycles. The van der Waals surface area contributed by atoms with Crippen molar-refractivity contribution in [3.05, 3.63) is 65.7 Å². The van der Waals surface area contributed by atoms with Gasteiger partial charge in [-0.3, -0.25) is 4.90 Å². The Balaban J connectivity index is 1.97. The summed E-state index contributed by atoms with van der Waals surface area (Å²) in [5.41, 5.74) is 4.11. The van der Waals surface area contributed by atoms with Crippen LogP contribution in [0.15, 0.2) is 54.6 Å². The quantitative estimate of drug-likeness (QED) is 0.467. The van der Waals surface area contributed by atoms with Gasteiger partial charge in [0.25, 0.3) is 0 Å². The van der Waals surface area contributed by atoms with E-state index in [-0.39, 0.29) is 6.04 Å². The molecule has 172 valence electrons. The second-order valence-electron chi connectivity index (χ2n) is 8.37. The maximum absolute atomic E-state index is 10.5. The van der Waals surface area contributed by atoms with Gasteiger partial charge in [0, 0.05) is 38.3 Å². The van der Waals surface area contributed by atoms with E-state index in [1.807, 2.05) is 56.4 Å². The molecule has 1 atom stereocenters. The molecule has 6 nitrogen and oxygen atoms in total. The number of hydrogen-bond donors (Lipinski definition) is 1. The predicted molar refractivity (Wildman–Crippen MR) is 128 cm³/mol. The molecule has 1 heterocycles. The zero-order valence-electron chi connectivity index (χ0n) is 19.8. The zero-order valence-corrected chi connectivity index (χ0v) is 19.8. The minimum absolute atomic E-state index is 0.224. The first-order valence-electron chi connectivity index (χ1n) is 11.2. The number of aliphatic hydroxyl groups is 1. The normalized spacial score (nSPS) is 12.5. The molecular formula is C26H35N3O3. The third-order valence-corrected chi connectivity index (χ3v) is 5.42. The molecule has 0 amide bonds. The first-order valence-corrected chi connectivity index (χ1v) is 11.2. The Kier molecular flexibility index (Phi) is 8.45. The minimum atomic E-state index is -0.560. The number of hydrogen-bond acceptors (Lipinski definition) is 5. The van der Waals surface area contributed by atoms with Gasteiger partial charge in [0.1, 0.15) is 11.4 Å². The molecule has 0 bridgehead atoms. The molecule has 3 rings (SSSR count). The summed E-state index contributed by atoms with van der Waals surface area (Å²) in [6, 6.07) is 18.4. The molecule has 0 aliphatic heterocycles. The van der Waals surface area contributed by atoms with Crippen LogP contribution in [0.2, 0.25) is 0 Å². The number of benzene rings is 2. The number of ether oxygens (including phenoxy) is 2. The standard InChI is InChI=1S/C26H35N3O3/c1-6-31-18-22(30)16-29(19(2)3)17-24-25(21-10-8-7-9-11-21)27-28(5)26(24)32-23-14-12-20(4)13-15-23/h7-15,19,22,30H,6,16-18H2,1-5H3/t22-/m1/s1. The number of nitrogens with zero attached hydrogens (tertiary/aromatic N) is 3. The van der Waals surface area contributed by atoms with Crippen molar-refractivity contribution in [1.82, 2.24) is 14.7 Å². The van der Waals surface area contributed by atoms with Gasteiger partial charge >= 0.3 is 0 Å². The van der Waals surface area contributed by atoms with Crippen LogP contribution in [0.5, 0.6) is 11.6 Å². The van der Waals surface area contributed by atoms with Crippen LogP contribution in [0.1, 0.15) is 31.9 Å². The van der Waals surface area contributed by atoms with Gasteiger partial charge in [-0.1, -0.05) is 48.0 Å². The lowest BCUT2D eigenvalue weighted by Gasteiger charge is -2.29. The molecule has 0 fully saturated rings. The maximum Gasteiger partial charge on any atom is 0.222 e. The summed E-state index contributed by atoms with van der Waals surface area (Å²) < 4.78 is 13.6. The Bertz CT molecular complexity index is 968. The molecule has 3 aromatic rings. The number of aromatic nitrogens is 2. The largest absolute Gasteiger partial charge is 0.439 e. The molecule has 1 aromatic heterocycles. The van der Waals surface area contributed by atoms with Gasteiger partial charge in [0.05, 0.1) is 18.3 Å². The van der Waals surface area contributed by atoms with Gasteiger partial charge in [-0.25, -0.2) is 4.68 Å². The lowest BCUT2D eigenvalue weighted by Crippen LogP contribution is -2.39. The van der Waals surface area contributed by atoms with Crippen molar-refractivity contribution in [1.29, 1.82) is 0 Å². The van der Waals surface area contributed by atoms with Gasteiger partial charge in [-0.15, -0.1) is 0 Å². The molecule has 0 aliphatic carbocycles. The SMILES string of the molecule is CCOC[C@H](O)CN(Cc1c(-c2ccccc2)nn(C)c1Oc1ccc(C)cc1)C(C)C. The average Bonchev–Trinajstić information content (AvgIpc) is 3.09. The van der Waals surface area contributed by atoms with Crippen molar-refractivity contribution >= 4 is 0 Å². The highest BCUT2D eigenvalue weighted by Crippen LogP contribution is 2.34. The fourth-order valence-corrected chi connectivity index (χ4v) is 3.61. The smallest absolute Gasteiger partial charge is 0.222 e. The Hall–Kier alpha value is -2.67. The monoisotopic (exact) mass is 437 g/mol. The molecule has 0 unspecified atom stereocenters. The topological polar surface area (TPSA) is 59.8 Å². The minimum Gasteiger partial charge on any atom is -0.439 e. The van der Waals surface area contributed by atoms with Crippen LogP contribution in [0.25, 0.3) is 11.3 Å². The highest BCUT2D eigenvalue weighted by molar-refractivity contribution is 5.65. The summed E-state index contributed by atoms with van der Waals surface area (Å²) in [5.74, 6) is 1.48. The van der Waals surface area contributed by atoms with E-state index in [9.17, 15) is 5.11 Å². The van der Waals surface area contributed by atoms with Crippen LogP contribution < -0.4 is 4.74 Å². The number of rotatable bonds is 11. The molecule has 2 aromatic carbocycles. The van der Waals surface area contributed by atoms with Crippen LogP contribution >= 0.6 is 0 Å². The second kappa shape index (κ2) is 11.3. The molecular weight excluding hydrogens is 402 g/mol. The van der Waals surface area contributed by atoms with Crippen LogP contribution in [-0.4, -0.2) is 51.7 Å². The van der Waals surface area contributed by atoms with Crippen molar-refractivity contribution in [2.45, 2.75) is 46.4 Å². The van der Waals surface area contributed by atoms with E-state index >= 15 is 0 Å². The zero-order chi connectivity index (χ0) is 23.1. The molecule has 32 heavy (non-hydrogen) atoms. The molecule has 0 spiro atoms. The first-order chi connectivity index (χ1) is 15.4. The Morgan fingerprint density at radius 2 is 1.75 bits per heavy atom. The Labute approximate surface area is 191 Å². The van der Waals surface area contributed by atoms with Crippen molar-refractivity contribution in [2.75, 3.05) is 19.8 Å². The van der Waals surface area contributed by atoms with E-state index in [2.05, 4.69) is 37.8 Å². The summed E-state index contributed by atoms with van der Waals surface area (Å²) in [6.45, 7) is 10.3. The van der Waals surface area contributed by atoms with Gasteiger partial charge in [-0.2, -0.15) is 5.10 Å². The highest BCUT2D eigenvalue weighted by Gasteiger charge is 2.24. The second-order valence-corrected chi connectivity index (χ2v) is 8.37. The molecule has 6 heteroatoms. The summed E-state index contributed by atoms with van der Waals surface area (Å²) in [6.07, 6.45) is -0.560. The van der Waals surface area contributed by atoms with E-state index in [4.69, 9.17) is 14.6 Å². The highest BCUT2D eigenvalue weighted by atomic mass is 16.5. The molecule has 0 saturated heterocycles. The van der Waals surface area contributed by atoms with E-state index in [1.165, 1.54) is 5.56 Å². The van der Waals surface area contributed by atoms with Gasteiger partial charge in [0.15, 0.2) is 0 Å². The van der Waals surface area contributed by atoms with Crippen molar-refractivity contribution in [3.8, 4) is 22.9 Å². The van der Waals surface area contributed by atoms with E-state index in [1.54, 1.807) is 4.68 Å². The average molecular weight is 438 g/mol. The maximum atomic E-state index is 10.5. The van der Waals surface area contributed by atoms with Crippen LogP contribution in [-0.2, 0) is 18.3 Å². The summed E-state index contributed by atoms with van der Waals surface area (Å²) in [4.78, 5) is 2.23. The van der Waals surface area contributed by atoms with Crippen LogP contribution in [0.3, 0.4) is 0 Å². The van der Waals surface area contributed by atoms with E-state index in [0.29, 0.717) is 32.2 Å². The van der Waals surface area contributed by atoms with Crippen LogP contribution in [0.4, 0.5) is 0 Å². The third-order valence-electron chi connectivity index (χ3n) is 5.42. The summed E-state index contributed by atoms with van der Waals surface area (Å²) >= 11 is 0. The first kappa shape index (κ1) is 24.0. The lowest BCUT2D eigenvalue weighted by atomic mass is 10.1. The van der Waals surface area contributed by atoms with Crippen molar-refractivity contribution in [2.24, 2.45) is 7.05 Å². The molecule has 1 N–H and O–H groups in total. The fraction of sp³-hybridized carbons (Fsp3) is 0.423.